The number of thiazole rings is 1. The molecule has 0 spiro atoms. The second kappa shape index (κ2) is 9.25. The van der Waals surface area contributed by atoms with Gasteiger partial charge in [-0.05, 0) is 48.9 Å². The number of benzene rings is 3. The van der Waals surface area contributed by atoms with Gasteiger partial charge in [0.05, 0.1) is 23.9 Å². The van der Waals surface area contributed by atoms with Gasteiger partial charge >= 0.3 is 4.87 Å². The number of nitrogens with zero attached hydrogens (tertiary/aromatic N) is 4. The maximum Gasteiger partial charge on any atom is 0.308 e. The third kappa shape index (κ3) is 4.31. The van der Waals surface area contributed by atoms with Gasteiger partial charge in [-0.1, -0.05) is 65.6 Å². The molecule has 1 unspecified atom stereocenters. The first-order chi connectivity index (χ1) is 16.1. The van der Waals surface area contributed by atoms with E-state index in [0.29, 0.717) is 12.4 Å². The Morgan fingerprint density at radius 3 is 2.45 bits per heavy atom. The van der Waals surface area contributed by atoms with Gasteiger partial charge in [-0.25, -0.2) is 0 Å². The second-order valence-electron chi connectivity index (χ2n) is 7.52. The van der Waals surface area contributed by atoms with Crippen LogP contribution >= 0.6 is 23.1 Å². The molecule has 0 fully saturated rings. The van der Waals surface area contributed by atoms with E-state index in [0.717, 1.165) is 26.8 Å². The zero-order chi connectivity index (χ0) is 22.8. The van der Waals surface area contributed by atoms with Gasteiger partial charge in [-0.15, -0.1) is 10.2 Å². The van der Waals surface area contributed by atoms with E-state index in [9.17, 15) is 4.79 Å². The topological polar surface area (TPSA) is 61.9 Å². The molecular formula is C25H22N4O2S2. The summed E-state index contributed by atoms with van der Waals surface area (Å²) in [4.78, 5) is 12.7. The molecule has 0 saturated heterocycles. The van der Waals surface area contributed by atoms with Crippen molar-refractivity contribution in [1.29, 1.82) is 0 Å². The zero-order valence-electron chi connectivity index (χ0n) is 18.2. The lowest BCUT2D eigenvalue weighted by molar-refractivity contribution is 0.414. The quantitative estimate of drug-likeness (QED) is 0.289. The van der Waals surface area contributed by atoms with E-state index in [1.807, 2.05) is 71.3 Å². The number of hydrogen-bond donors (Lipinski definition) is 0. The van der Waals surface area contributed by atoms with Crippen molar-refractivity contribution >= 4 is 33.3 Å². The Balaban J connectivity index is 1.57. The van der Waals surface area contributed by atoms with E-state index in [-0.39, 0.29) is 10.1 Å². The van der Waals surface area contributed by atoms with Crippen molar-refractivity contribution in [2.75, 3.05) is 7.11 Å². The molecule has 3 aromatic carbocycles. The maximum atomic E-state index is 12.7. The number of methoxy groups -OCH3 is 1. The summed E-state index contributed by atoms with van der Waals surface area (Å²) in [5.41, 5.74) is 3.04. The Morgan fingerprint density at radius 1 is 0.970 bits per heavy atom. The molecule has 166 valence electrons. The van der Waals surface area contributed by atoms with Crippen LogP contribution in [0.2, 0.25) is 0 Å². The molecule has 0 radical (unpaired) electrons. The molecule has 33 heavy (non-hydrogen) atoms. The second-order valence-corrected chi connectivity index (χ2v) is 9.83. The van der Waals surface area contributed by atoms with E-state index in [4.69, 9.17) is 4.74 Å². The van der Waals surface area contributed by atoms with Crippen LogP contribution in [-0.4, -0.2) is 26.4 Å². The number of rotatable bonds is 7. The summed E-state index contributed by atoms with van der Waals surface area (Å²) in [7, 11) is 1.65. The Labute approximate surface area is 199 Å². The number of fused-ring (bicyclic) bond motifs is 1. The van der Waals surface area contributed by atoms with Crippen molar-refractivity contribution in [2.24, 2.45) is 0 Å². The summed E-state index contributed by atoms with van der Waals surface area (Å²) in [6.07, 6.45) is 0. The van der Waals surface area contributed by atoms with Crippen LogP contribution in [0.15, 0.2) is 88.8 Å². The van der Waals surface area contributed by atoms with E-state index in [1.165, 1.54) is 16.9 Å². The molecule has 0 amide bonds. The van der Waals surface area contributed by atoms with Crippen molar-refractivity contribution < 1.29 is 4.74 Å². The van der Waals surface area contributed by atoms with Crippen molar-refractivity contribution in [1.82, 2.24) is 19.3 Å². The summed E-state index contributed by atoms with van der Waals surface area (Å²) in [5, 5.41) is 10.00. The van der Waals surface area contributed by atoms with Gasteiger partial charge in [0.2, 0.25) is 0 Å². The standard InChI is InChI=1S/C25H22N4O2S2/c1-17(18-8-4-3-5-9-18)32-24-27-26-23(29(24)19-12-14-20(31-2)15-13-19)16-28-21-10-6-7-11-22(21)33-25(28)30/h3-15,17H,16H2,1-2H3. The fraction of sp³-hybridized carbons (Fsp3) is 0.160. The minimum Gasteiger partial charge on any atom is -0.497 e. The lowest BCUT2D eigenvalue weighted by atomic mass is 10.2. The lowest BCUT2D eigenvalue weighted by Gasteiger charge is -2.14. The van der Waals surface area contributed by atoms with Gasteiger partial charge in [0.15, 0.2) is 11.0 Å². The fourth-order valence-electron chi connectivity index (χ4n) is 3.73. The minimum atomic E-state index is -0.00709. The van der Waals surface area contributed by atoms with E-state index in [2.05, 4.69) is 29.3 Å². The highest BCUT2D eigenvalue weighted by molar-refractivity contribution is 7.99. The summed E-state index contributed by atoms with van der Waals surface area (Å²) in [6, 6.07) is 26.0. The van der Waals surface area contributed by atoms with E-state index < -0.39 is 0 Å². The summed E-state index contributed by atoms with van der Waals surface area (Å²) in [6.45, 7) is 2.49. The van der Waals surface area contributed by atoms with E-state index >= 15 is 0 Å². The zero-order valence-corrected chi connectivity index (χ0v) is 19.8. The molecule has 2 heterocycles. The highest BCUT2D eigenvalue weighted by Gasteiger charge is 2.20. The molecule has 0 aliphatic carbocycles. The Kier molecular flexibility index (Phi) is 6.02. The number of hydrogen-bond acceptors (Lipinski definition) is 6. The molecule has 0 saturated carbocycles. The molecule has 0 aliphatic heterocycles. The molecule has 2 aromatic heterocycles. The maximum absolute atomic E-state index is 12.7. The Bertz CT molecular complexity index is 1440. The lowest BCUT2D eigenvalue weighted by Crippen LogP contribution is -2.17. The van der Waals surface area contributed by atoms with Gasteiger partial charge in [-0.2, -0.15) is 0 Å². The first-order valence-corrected chi connectivity index (χ1v) is 12.2. The Morgan fingerprint density at radius 2 is 1.70 bits per heavy atom. The molecule has 5 rings (SSSR count). The van der Waals surface area contributed by atoms with Crippen LogP contribution in [0.5, 0.6) is 5.75 Å². The predicted molar refractivity (Wildman–Crippen MR) is 134 cm³/mol. The molecule has 1 atom stereocenters. The predicted octanol–water partition coefficient (Wildman–Crippen LogP) is 5.55. The van der Waals surface area contributed by atoms with Crippen molar-refractivity contribution in [3.63, 3.8) is 0 Å². The number of thioether (sulfide) groups is 1. The molecule has 0 N–H and O–H groups in total. The molecule has 0 aliphatic rings. The highest BCUT2D eigenvalue weighted by Crippen LogP contribution is 2.35. The normalized spacial score (nSPS) is 12.2. The summed E-state index contributed by atoms with van der Waals surface area (Å²) < 4.78 is 10.1. The molecule has 5 aromatic rings. The summed E-state index contributed by atoms with van der Waals surface area (Å²) >= 11 is 2.89. The first-order valence-electron chi connectivity index (χ1n) is 10.5. The monoisotopic (exact) mass is 474 g/mol. The van der Waals surface area contributed by atoms with Crippen molar-refractivity contribution in [3.05, 3.63) is 99.9 Å². The average Bonchev–Trinajstić information content (AvgIpc) is 3.40. The molecule has 8 heteroatoms. The fourth-order valence-corrected chi connectivity index (χ4v) is 5.63. The van der Waals surface area contributed by atoms with Gasteiger partial charge in [0.25, 0.3) is 0 Å². The number of ether oxygens (including phenoxy) is 1. The van der Waals surface area contributed by atoms with E-state index in [1.54, 1.807) is 23.4 Å². The SMILES string of the molecule is COc1ccc(-n2c(Cn3c(=O)sc4ccccc43)nnc2SC(C)c2ccccc2)cc1. The van der Waals surface area contributed by atoms with Gasteiger partial charge < -0.3 is 4.74 Å². The molecule has 0 bridgehead atoms. The van der Waals surface area contributed by atoms with Crippen LogP contribution in [-0.2, 0) is 6.54 Å². The summed E-state index contributed by atoms with van der Waals surface area (Å²) in [5.74, 6) is 1.48. The molecule has 6 nitrogen and oxygen atoms in total. The van der Waals surface area contributed by atoms with Crippen LogP contribution < -0.4 is 9.61 Å². The largest absolute Gasteiger partial charge is 0.497 e. The average molecular weight is 475 g/mol. The molecular weight excluding hydrogens is 452 g/mol. The third-order valence-electron chi connectivity index (χ3n) is 5.46. The minimum absolute atomic E-state index is 0.00709. The van der Waals surface area contributed by atoms with Gasteiger partial charge in [0, 0.05) is 10.9 Å². The van der Waals surface area contributed by atoms with Crippen molar-refractivity contribution in [2.45, 2.75) is 23.9 Å². The first kappa shape index (κ1) is 21.5. The van der Waals surface area contributed by atoms with Crippen LogP contribution in [0.3, 0.4) is 0 Å². The smallest absolute Gasteiger partial charge is 0.308 e. The Hall–Kier alpha value is -3.36. The third-order valence-corrected chi connectivity index (χ3v) is 7.52. The van der Waals surface area contributed by atoms with Gasteiger partial charge in [0.1, 0.15) is 5.75 Å². The highest BCUT2D eigenvalue weighted by atomic mass is 32.2. The van der Waals surface area contributed by atoms with Crippen LogP contribution in [0.25, 0.3) is 15.9 Å². The van der Waals surface area contributed by atoms with Crippen LogP contribution in [0.1, 0.15) is 23.6 Å². The number of para-hydroxylation sites is 1. The van der Waals surface area contributed by atoms with Gasteiger partial charge in [-0.3, -0.25) is 13.9 Å². The van der Waals surface area contributed by atoms with Crippen LogP contribution in [0.4, 0.5) is 0 Å². The van der Waals surface area contributed by atoms with Crippen molar-refractivity contribution in [3.8, 4) is 11.4 Å². The number of aromatic nitrogens is 4. The van der Waals surface area contributed by atoms with Crippen LogP contribution in [0, 0.1) is 0 Å².